The molecule has 0 radical (unpaired) electrons. The fourth-order valence-electron chi connectivity index (χ4n) is 0.889. The highest BCUT2D eigenvalue weighted by Crippen LogP contribution is 2.03. The first kappa shape index (κ1) is 14.9. The summed E-state index contributed by atoms with van der Waals surface area (Å²) in [7, 11) is 0.111. The lowest BCUT2D eigenvalue weighted by Gasteiger charge is -2.18. The Morgan fingerprint density at radius 3 is 2.47 bits per heavy atom. The Balaban J connectivity index is 3.94. The Bertz CT molecular complexity index is 304. The lowest BCUT2D eigenvalue weighted by molar-refractivity contribution is -0.140. The summed E-state index contributed by atoms with van der Waals surface area (Å²) in [5, 5.41) is 0. The third kappa shape index (κ3) is 7.75. The van der Waals surface area contributed by atoms with E-state index in [1.807, 2.05) is 0 Å². The summed E-state index contributed by atoms with van der Waals surface area (Å²) in [6, 6.07) is 0. The predicted octanol–water partition coefficient (Wildman–Crippen LogP) is -0.101. The molecule has 0 rings (SSSR count). The number of hydrogen-bond acceptors (Lipinski definition) is 5. The second kappa shape index (κ2) is 6.44. The van der Waals surface area contributed by atoms with Gasteiger partial charge in [-0.1, -0.05) is 15.9 Å². The molecule has 90 valence electrons. The van der Waals surface area contributed by atoms with E-state index in [0.29, 0.717) is 13.1 Å². The van der Waals surface area contributed by atoms with Gasteiger partial charge >= 0.3 is 5.97 Å². The zero-order valence-corrected chi connectivity index (χ0v) is 11.5. The summed E-state index contributed by atoms with van der Waals surface area (Å²) in [6.07, 6.45) is 1.19. The Labute approximate surface area is 98.8 Å². The molecule has 0 N–H and O–H groups in total. The monoisotopic (exact) mass is 301 g/mol. The number of ether oxygens (including phenoxy) is 1. The highest BCUT2D eigenvalue weighted by Gasteiger charge is 2.17. The molecule has 0 fully saturated rings. The molecule has 0 bridgehead atoms. The third-order valence-corrected chi connectivity index (χ3v) is 3.36. The van der Waals surface area contributed by atoms with Crippen molar-refractivity contribution in [3.8, 4) is 0 Å². The minimum Gasteiger partial charge on any atom is -0.468 e. The summed E-state index contributed by atoms with van der Waals surface area (Å²) in [5.41, 5.74) is 0. The van der Waals surface area contributed by atoms with Gasteiger partial charge < -0.3 is 9.64 Å². The maximum atomic E-state index is 11.0. The van der Waals surface area contributed by atoms with Gasteiger partial charge in [0.25, 0.3) is 0 Å². The average molecular weight is 302 g/mol. The summed E-state index contributed by atoms with van der Waals surface area (Å²) < 4.78 is 26.3. The van der Waals surface area contributed by atoms with Crippen LogP contribution in [0.15, 0.2) is 0 Å². The van der Waals surface area contributed by atoms with E-state index in [-0.39, 0.29) is 11.7 Å². The van der Waals surface area contributed by atoms with Gasteiger partial charge in [-0.2, -0.15) is 0 Å². The van der Waals surface area contributed by atoms with Crippen LogP contribution < -0.4 is 0 Å². The molecular formula is C8H16BrNO4S. The predicted molar refractivity (Wildman–Crippen MR) is 61.9 cm³/mol. The van der Waals surface area contributed by atoms with Crippen molar-refractivity contribution >= 4 is 31.7 Å². The second-order valence-corrected chi connectivity index (χ2v) is 6.75. The molecule has 0 heterocycles. The van der Waals surface area contributed by atoms with Crippen molar-refractivity contribution in [1.82, 2.24) is 4.90 Å². The third-order valence-electron chi connectivity index (χ3n) is 1.77. The van der Waals surface area contributed by atoms with Gasteiger partial charge in [-0.25, -0.2) is 8.42 Å². The van der Waals surface area contributed by atoms with Gasteiger partial charge in [0.15, 0.2) is 0 Å². The van der Waals surface area contributed by atoms with Gasteiger partial charge in [0.1, 0.15) is 14.7 Å². The molecule has 5 nitrogen and oxygen atoms in total. The zero-order chi connectivity index (χ0) is 12.1. The van der Waals surface area contributed by atoms with Crippen molar-refractivity contribution in [2.24, 2.45) is 0 Å². The standard InChI is InChI=1S/C8H16BrNO4S/c1-10(4-5-15(3,12)13)6-7(9)8(11)14-2/h7H,4-6H2,1-3H3. The largest absolute Gasteiger partial charge is 0.468 e. The van der Waals surface area contributed by atoms with Crippen LogP contribution >= 0.6 is 15.9 Å². The van der Waals surface area contributed by atoms with Crippen LogP contribution in [-0.2, 0) is 19.4 Å². The van der Waals surface area contributed by atoms with Crippen molar-refractivity contribution in [3.05, 3.63) is 0 Å². The molecule has 1 unspecified atom stereocenters. The molecule has 0 aromatic heterocycles. The van der Waals surface area contributed by atoms with Gasteiger partial charge in [0.2, 0.25) is 0 Å². The molecule has 1 atom stereocenters. The van der Waals surface area contributed by atoms with E-state index in [1.165, 1.54) is 13.4 Å². The molecule has 0 aliphatic rings. The van der Waals surface area contributed by atoms with Crippen LogP contribution in [0.3, 0.4) is 0 Å². The van der Waals surface area contributed by atoms with E-state index >= 15 is 0 Å². The fourth-order valence-corrected chi connectivity index (χ4v) is 2.21. The average Bonchev–Trinajstić information content (AvgIpc) is 2.12. The highest BCUT2D eigenvalue weighted by atomic mass is 79.9. The van der Waals surface area contributed by atoms with E-state index in [2.05, 4.69) is 20.7 Å². The minimum absolute atomic E-state index is 0.0877. The Kier molecular flexibility index (Phi) is 6.38. The van der Waals surface area contributed by atoms with Crippen molar-refractivity contribution in [3.63, 3.8) is 0 Å². The maximum absolute atomic E-state index is 11.0. The zero-order valence-electron chi connectivity index (χ0n) is 9.07. The molecule has 0 aromatic carbocycles. The summed E-state index contributed by atoms with van der Waals surface area (Å²) in [6.45, 7) is 0.820. The number of alkyl halides is 1. The second-order valence-electron chi connectivity index (χ2n) is 3.38. The van der Waals surface area contributed by atoms with Crippen LogP contribution in [0, 0.1) is 0 Å². The molecule has 0 aliphatic heterocycles. The molecule has 0 spiro atoms. The van der Waals surface area contributed by atoms with Crippen molar-refractivity contribution in [2.75, 3.05) is 39.3 Å². The van der Waals surface area contributed by atoms with Crippen LogP contribution in [0.5, 0.6) is 0 Å². The van der Waals surface area contributed by atoms with Crippen LogP contribution in [0.4, 0.5) is 0 Å². The molecule has 0 aliphatic carbocycles. The number of halogens is 1. The first-order valence-corrected chi connectivity index (χ1v) is 7.32. The SMILES string of the molecule is COC(=O)C(Br)CN(C)CCS(C)(=O)=O. The molecule has 0 saturated carbocycles. The molecule has 7 heteroatoms. The van der Waals surface area contributed by atoms with Crippen LogP contribution in [0.25, 0.3) is 0 Å². The molecule has 15 heavy (non-hydrogen) atoms. The van der Waals surface area contributed by atoms with Gasteiger partial charge in [-0.15, -0.1) is 0 Å². The number of carbonyl (C=O) groups excluding carboxylic acids is 1. The van der Waals surface area contributed by atoms with Crippen molar-refractivity contribution < 1.29 is 17.9 Å². The normalized spacial score (nSPS) is 13.9. The highest BCUT2D eigenvalue weighted by molar-refractivity contribution is 9.10. The van der Waals surface area contributed by atoms with E-state index in [0.717, 1.165) is 0 Å². The molecule has 0 amide bonds. The van der Waals surface area contributed by atoms with Crippen molar-refractivity contribution in [1.29, 1.82) is 0 Å². The summed E-state index contributed by atoms with van der Waals surface area (Å²) in [4.78, 5) is 12.4. The minimum atomic E-state index is -2.95. The van der Waals surface area contributed by atoms with Crippen molar-refractivity contribution in [2.45, 2.75) is 4.83 Å². The number of sulfone groups is 1. The number of methoxy groups -OCH3 is 1. The van der Waals surface area contributed by atoms with Crippen LogP contribution in [0.2, 0.25) is 0 Å². The lowest BCUT2D eigenvalue weighted by atomic mass is 10.4. The Hall–Kier alpha value is -0.140. The van der Waals surface area contributed by atoms with E-state index in [1.54, 1.807) is 11.9 Å². The topological polar surface area (TPSA) is 63.7 Å². The van der Waals surface area contributed by atoms with Crippen LogP contribution in [0.1, 0.15) is 0 Å². The van der Waals surface area contributed by atoms with Gasteiger partial charge in [-0.3, -0.25) is 4.79 Å². The summed E-state index contributed by atoms with van der Waals surface area (Å²) >= 11 is 3.16. The molecule has 0 aromatic rings. The number of rotatable bonds is 6. The lowest BCUT2D eigenvalue weighted by Crippen LogP contribution is -2.34. The fraction of sp³-hybridized carbons (Fsp3) is 0.875. The van der Waals surface area contributed by atoms with Gasteiger partial charge in [0, 0.05) is 19.3 Å². The summed E-state index contributed by atoms with van der Waals surface area (Å²) in [5.74, 6) is -0.272. The quantitative estimate of drug-likeness (QED) is 0.506. The van der Waals surface area contributed by atoms with Gasteiger partial charge in [0.05, 0.1) is 12.9 Å². The van der Waals surface area contributed by atoms with E-state index < -0.39 is 14.7 Å². The number of nitrogens with zero attached hydrogens (tertiary/aromatic N) is 1. The number of carbonyl (C=O) groups is 1. The Morgan fingerprint density at radius 1 is 1.53 bits per heavy atom. The smallest absolute Gasteiger partial charge is 0.320 e. The van der Waals surface area contributed by atoms with Crippen LogP contribution in [-0.4, -0.2) is 63.4 Å². The Morgan fingerprint density at radius 2 is 2.07 bits per heavy atom. The number of esters is 1. The van der Waals surface area contributed by atoms with Gasteiger partial charge in [-0.05, 0) is 7.05 Å². The molecule has 0 saturated heterocycles. The number of hydrogen-bond donors (Lipinski definition) is 0. The molecular weight excluding hydrogens is 286 g/mol. The van der Waals surface area contributed by atoms with E-state index in [9.17, 15) is 13.2 Å². The maximum Gasteiger partial charge on any atom is 0.320 e. The first-order chi connectivity index (χ1) is 6.76. The van der Waals surface area contributed by atoms with E-state index in [4.69, 9.17) is 0 Å². The first-order valence-electron chi connectivity index (χ1n) is 4.34.